The third kappa shape index (κ3) is 7.74. The zero-order valence-corrected chi connectivity index (χ0v) is 15.6. The van der Waals surface area contributed by atoms with Gasteiger partial charge in [0.05, 0.1) is 6.54 Å². The highest BCUT2D eigenvalue weighted by atomic mass is 127. The van der Waals surface area contributed by atoms with Crippen LogP contribution in [0.5, 0.6) is 0 Å². The van der Waals surface area contributed by atoms with Gasteiger partial charge in [-0.15, -0.1) is 24.0 Å². The van der Waals surface area contributed by atoms with E-state index in [4.69, 9.17) is 0 Å². The molecule has 122 valence electrons. The lowest BCUT2D eigenvalue weighted by atomic mass is 10.3. The van der Waals surface area contributed by atoms with Gasteiger partial charge in [0.1, 0.15) is 0 Å². The third-order valence-corrected chi connectivity index (χ3v) is 3.55. The Morgan fingerprint density at radius 1 is 1.33 bits per heavy atom. The van der Waals surface area contributed by atoms with Crippen LogP contribution in [0.15, 0.2) is 4.99 Å². The molecule has 0 unspecified atom stereocenters. The van der Waals surface area contributed by atoms with Crippen LogP contribution in [0.4, 0.5) is 4.79 Å². The molecule has 21 heavy (non-hydrogen) atoms. The van der Waals surface area contributed by atoms with E-state index in [0.29, 0.717) is 19.0 Å². The molecule has 1 fully saturated rings. The van der Waals surface area contributed by atoms with Gasteiger partial charge < -0.3 is 16.0 Å². The molecule has 7 nitrogen and oxygen atoms in total. The Balaban J connectivity index is 0.00000400. The number of amides is 3. The normalized spacial score (nSPS) is 14.8. The van der Waals surface area contributed by atoms with Crippen molar-refractivity contribution in [2.45, 2.75) is 12.8 Å². The summed E-state index contributed by atoms with van der Waals surface area (Å²) in [5, 5.41) is 8.78. The van der Waals surface area contributed by atoms with Gasteiger partial charge in [-0.3, -0.25) is 14.7 Å². The van der Waals surface area contributed by atoms with Crippen LogP contribution in [-0.2, 0) is 4.79 Å². The van der Waals surface area contributed by atoms with Crippen molar-refractivity contribution >= 4 is 53.6 Å². The maximum atomic E-state index is 11.4. The second-order valence-corrected chi connectivity index (χ2v) is 5.32. The largest absolute Gasteiger partial charge is 0.356 e. The van der Waals surface area contributed by atoms with Crippen molar-refractivity contribution in [1.82, 2.24) is 20.9 Å². The van der Waals surface area contributed by atoms with Crippen molar-refractivity contribution in [3.63, 3.8) is 0 Å². The summed E-state index contributed by atoms with van der Waals surface area (Å²) in [6.07, 6.45) is 4.37. The summed E-state index contributed by atoms with van der Waals surface area (Å²) in [7, 11) is 1.70. The highest BCUT2D eigenvalue weighted by molar-refractivity contribution is 14.0. The van der Waals surface area contributed by atoms with E-state index in [1.807, 2.05) is 11.8 Å². The highest BCUT2D eigenvalue weighted by Gasteiger charge is 2.27. The van der Waals surface area contributed by atoms with Crippen LogP contribution in [0, 0.1) is 0 Å². The van der Waals surface area contributed by atoms with Gasteiger partial charge in [-0.2, -0.15) is 11.8 Å². The molecule has 9 heteroatoms. The number of halogens is 1. The fourth-order valence-electron chi connectivity index (χ4n) is 1.77. The Hall–Kier alpha value is -0.710. The van der Waals surface area contributed by atoms with E-state index >= 15 is 0 Å². The fourth-order valence-corrected chi connectivity index (χ4v) is 2.26. The van der Waals surface area contributed by atoms with E-state index < -0.39 is 0 Å². The second kappa shape index (κ2) is 11.9. The minimum absolute atomic E-state index is 0. The number of rotatable bonds is 8. The second-order valence-electron chi connectivity index (χ2n) is 4.33. The number of nitrogens with one attached hydrogen (secondary N) is 3. The quantitative estimate of drug-likeness (QED) is 0.172. The van der Waals surface area contributed by atoms with E-state index in [1.165, 1.54) is 17.1 Å². The van der Waals surface area contributed by atoms with Crippen LogP contribution < -0.4 is 16.0 Å². The van der Waals surface area contributed by atoms with E-state index in [2.05, 4.69) is 27.2 Å². The Bertz CT molecular complexity index is 352. The molecule has 1 aliphatic heterocycles. The number of carbonyl (C=O) groups is 2. The number of nitrogens with zero attached hydrogens (tertiary/aromatic N) is 2. The smallest absolute Gasteiger partial charge is 0.324 e. The lowest BCUT2D eigenvalue weighted by Gasteiger charge is -2.15. The first-order valence-corrected chi connectivity index (χ1v) is 8.10. The number of guanidine groups is 1. The molecule has 1 rings (SSSR count). The minimum Gasteiger partial charge on any atom is -0.356 e. The first-order chi connectivity index (χ1) is 9.69. The number of unbranched alkanes of at least 4 members (excludes halogenated alkanes) is 1. The molecule has 0 aromatic heterocycles. The molecule has 1 saturated heterocycles. The van der Waals surface area contributed by atoms with Crippen molar-refractivity contribution in [2.75, 3.05) is 45.2 Å². The molecule has 0 aromatic rings. The Labute approximate surface area is 147 Å². The molecule has 0 atom stereocenters. The maximum absolute atomic E-state index is 11.4. The van der Waals surface area contributed by atoms with Gasteiger partial charge >= 0.3 is 6.03 Å². The zero-order chi connectivity index (χ0) is 14.8. The van der Waals surface area contributed by atoms with Gasteiger partial charge in [-0.25, -0.2) is 4.79 Å². The minimum atomic E-state index is -0.322. The number of carbonyl (C=O) groups excluding carboxylic acids is 2. The van der Waals surface area contributed by atoms with E-state index in [9.17, 15) is 9.59 Å². The van der Waals surface area contributed by atoms with Crippen LogP contribution >= 0.6 is 35.7 Å². The molecule has 1 heterocycles. The third-order valence-electron chi connectivity index (χ3n) is 2.86. The monoisotopic (exact) mass is 429 g/mol. The summed E-state index contributed by atoms with van der Waals surface area (Å²) in [5.41, 5.74) is 0. The average molecular weight is 429 g/mol. The molecule has 3 amide bonds. The molecular weight excluding hydrogens is 405 g/mol. The molecule has 0 aliphatic carbocycles. The predicted molar refractivity (Wildman–Crippen MR) is 97.5 cm³/mol. The zero-order valence-electron chi connectivity index (χ0n) is 12.5. The summed E-state index contributed by atoms with van der Waals surface area (Å²) in [6.45, 7) is 1.80. The first kappa shape index (κ1) is 20.3. The summed E-state index contributed by atoms with van der Waals surface area (Å²) < 4.78 is 0. The number of urea groups is 1. The summed E-state index contributed by atoms with van der Waals surface area (Å²) in [4.78, 5) is 28.0. The lowest BCUT2D eigenvalue weighted by molar-refractivity contribution is -0.124. The molecule has 0 bridgehead atoms. The highest BCUT2D eigenvalue weighted by Crippen LogP contribution is 1.98. The first-order valence-electron chi connectivity index (χ1n) is 6.70. The molecule has 3 N–H and O–H groups in total. The molecule has 0 spiro atoms. The molecule has 0 saturated carbocycles. The topological polar surface area (TPSA) is 85.8 Å². The van der Waals surface area contributed by atoms with Crippen molar-refractivity contribution in [3.8, 4) is 0 Å². The fraction of sp³-hybridized carbons (Fsp3) is 0.750. The molecule has 1 aliphatic rings. The van der Waals surface area contributed by atoms with Gasteiger partial charge in [0, 0.05) is 26.7 Å². The number of hydrogen-bond acceptors (Lipinski definition) is 4. The average Bonchev–Trinajstić information content (AvgIpc) is 2.76. The maximum Gasteiger partial charge on any atom is 0.324 e. The Kier molecular flexibility index (Phi) is 11.5. The number of aliphatic imine (C=N–C) groups is 1. The van der Waals surface area contributed by atoms with Crippen LogP contribution in [0.25, 0.3) is 0 Å². The van der Waals surface area contributed by atoms with Crippen LogP contribution in [0.2, 0.25) is 0 Å². The summed E-state index contributed by atoms with van der Waals surface area (Å²) >= 11 is 1.85. The predicted octanol–water partition coefficient (Wildman–Crippen LogP) is 0.464. The summed E-state index contributed by atoms with van der Waals surface area (Å²) in [6, 6.07) is -0.322. The van der Waals surface area contributed by atoms with Gasteiger partial charge in [0.25, 0.3) is 0 Å². The van der Waals surface area contributed by atoms with Crippen LogP contribution in [0.3, 0.4) is 0 Å². The molecule has 0 aromatic carbocycles. The lowest BCUT2D eigenvalue weighted by Crippen LogP contribution is -2.43. The number of hydrogen-bond donors (Lipinski definition) is 3. The van der Waals surface area contributed by atoms with Gasteiger partial charge in [0.2, 0.25) is 5.91 Å². The van der Waals surface area contributed by atoms with Crippen molar-refractivity contribution in [2.24, 2.45) is 4.99 Å². The van der Waals surface area contributed by atoms with Crippen molar-refractivity contribution < 1.29 is 9.59 Å². The molecule has 0 radical (unpaired) electrons. The van der Waals surface area contributed by atoms with E-state index in [0.717, 1.165) is 13.0 Å². The SMILES string of the molecule is CN=C(NCCCCSC)NCCN1C(=O)CNC1=O.I. The summed E-state index contributed by atoms with van der Waals surface area (Å²) in [5.74, 6) is 1.68. The van der Waals surface area contributed by atoms with Crippen molar-refractivity contribution in [3.05, 3.63) is 0 Å². The van der Waals surface area contributed by atoms with Crippen LogP contribution in [-0.4, -0.2) is 68.0 Å². The standard InChI is InChI=1S/C12H23N5O2S.HI/c1-13-11(14-5-3-4-8-20-2)15-6-7-17-10(18)9-16-12(17)19;/h3-9H2,1-2H3,(H,16,19)(H2,13,14,15);1H. The Morgan fingerprint density at radius 3 is 2.62 bits per heavy atom. The van der Waals surface area contributed by atoms with Gasteiger partial charge in [-0.1, -0.05) is 0 Å². The van der Waals surface area contributed by atoms with Crippen LogP contribution in [0.1, 0.15) is 12.8 Å². The molecular formula is C12H24IN5O2S. The van der Waals surface area contributed by atoms with E-state index in [-0.39, 0.29) is 42.5 Å². The Morgan fingerprint density at radius 2 is 2.05 bits per heavy atom. The number of imide groups is 1. The van der Waals surface area contributed by atoms with Gasteiger partial charge in [0.15, 0.2) is 5.96 Å². The van der Waals surface area contributed by atoms with Crippen molar-refractivity contribution in [1.29, 1.82) is 0 Å². The van der Waals surface area contributed by atoms with Gasteiger partial charge in [-0.05, 0) is 24.9 Å². The van der Waals surface area contributed by atoms with E-state index in [1.54, 1.807) is 7.05 Å². The number of thioether (sulfide) groups is 1.